The molecule has 1 N–H and O–H groups in total. The maximum Gasteiger partial charge on any atom is 0.460 e. The van der Waals surface area contributed by atoms with E-state index < -0.39 is 89.8 Å². The normalized spacial score (nSPS) is 17.0. The number of rotatable bonds is 14. The highest BCUT2D eigenvalue weighted by Gasteiger charge is 2.97. The molecule has 256 valence electrons. The largest absolute Gasteiger partial charge is 0.460 e. The van der Waals surface area contributed by atoms with E-state index in [-0.39, 0.29) is 0 Å². The number of aliphatic hydroxyl groups excluding tert-OH is 1. The molecular weight excluding hydrogens is 679 g/mol. The first-order chi connectivity index (χ1) is 18.4. The monoisotopic (exact) mass is 692 g/mol. The molecule has 0 amide bonds. The Kier molecular flexibility index (Phi) is 10.6. The van der Waals surface area contributed by atoms with Gasteiger partial charge in [-0.25, -0.2) is 4.79 Å². The highest BCUT2D eigenvalue weighted by atomic mass is 19.4. The van der Waals surface area contributed by atoms with Crippen LogP contribution in [0.25, 0.3) is 0 Å². The van der Waals surface area contributed by atoms with Gasteiger partial charge in [-0.2, -0.15) is 92.2 Å². The standard InChI is InChI=1S/C18H13F21O4/c1-5(2)7(41)43-8(42-3)6(40)4-9(19,20)10(21,22)11(23,24)12(25,26)13(27,28)14(29,30)15(31,32)16(33,34)17(35,36)18(37,38)39/h6,8,40H,1,4H2,2-3H3. The van der Waals surface area contributed by atoms with Crippen LogP contribution >= 0.6 is 0 Å². The minimum absolute atomic E-state index is 0.319. The van der Waals surface area contributed by atoms with Crippen LogP contribution in [0.1, 0.15) is 13.3 Å². The average molecular weight is 692 g/mol. The molecule has 0 aliphatic heterocycles. The van der Waals surface area contributed by atoms with Crippen LogP contribution < -0.4 is 0 Å². The average Bonchev–Trinajstić information content (AvgIpc) is 2.79. The molecule has 2 atom stereocenters. The van der Waals surface area contributed by atoms with Crippen molar-refractivity contribution in [1.29, 1.82) is 0 Å². The topological polar surface area (TPSA) is 55.8 Å². The fourth-order valence-electron chi connectivity index (χ4n) is 2.57. The van der Waals surface area contributed by atoms with Gasteiger partial charge in [-0.05, 0) is 6.92 Å². The van der Waals surface area contributed by atoms with Gasteiger partial charge in [-0.3, -0.25) is 0 Å². The van der Waals surface area contributed by atoms with Gasteiger partial charge in [-0.15, -0.1) is 0 Å². The predicted octanol–water partition coefficient (Wildman–Crippen LogP) is 7.11. The number of hydrogen-bond acceptors (Lipinski definition) is 4. The third-order valence-electron chi connectivity index (χ3n) is 5.16. The minimum Gasteiger partial charge on any atom is -0.430 e. The Bertz CT molecular complexity index is 1030. The lowest BCUT2D eigenvalue weighted by Gasteiger charge is -2.44. The summed E-state index contributed by atoms with van der Waals surface area (Å²) in [6, 6.07) is 0. The predicted molar refractivity (Wildman–Crippen MR) is 92.9 cm³/mol. The van der Waals surface area contributed by atoms with E-state index >= 15 is 0 Å². The van der Waals surface area contributed by atoms with E-state index in [4.69, 9.17) is 0 Å². The zero-order chi connectivity index (χ0) is 35.4. The van der Waals surface area contributed by atoms with Gasteiger partial charge in [0.1, 0.15) is 6.10 Å². The Morgan fingerprint density at radius 3 is 1.14 bits per heavy atom. The van der Waals surface area contributed by atoms with Gasteiger partial charge in [0.2, 0.25) is 6.29 Å². The summed E-state index contributed by atoms with van der Waals surface area (Å²) in [5.41, 5.74) is -0.656. The summed E-state index contributed by atoms with van der Waals surface area (Å²) in [7, 11) is 0.319. The van der Waals surface area contributed by atoms with Crippen molar-refractivity contribution in [3.8, 4) is 0 Å². The van der Waals surface area contributed by atoms with Crippen molar-refractivity contribution in [2.75, 3.05) is 7.11 Å². The Morgan fingerprint density at radius 1 is 0.605 bits per heavy atom. The summed E-state index contributed by atoms with van der Waals surface area (Å²) in [5.74, 6) is -80.2. The van der Waals surface area contributed by atoms with Crippen LogP contribution in [0.4, 0.5) is 92.2 Å². The van der Waals surface area contributed by atoms with Crippen molar-refractivity contribution in [1.82, 2.24) is 0 Å². The quantitative estimate of drug-likeness (QED) is 0.0914. The number of methoxy groups -OCH3 is 1. The van der Waals surface area contributed by atoms with Gasteiger partial charge in [0.15, 0.2) is 0 Å². The summed E-state index contributed by atoms with van der Waals surface area (Å²) in [6.45, 7) is 3.70. The fourth-order valence-corrected chi connectivity index (χ4v) is 2.57. The summed E-state index contributed by atoms with van der Waals surface area (Å²) in [5, 5.41) is 9.44. The molecule has 43 heavy (non-hydrogen) atoms. The number of carbonyl (C=O) groups is 1. The van der Waals surface area contributed by atoms with Gasteiger partial charge >= 0.3 is 65.4 Å². The molecule has 0 aromatic rings. The molecule has 0 aromatic heterocycles. The molecule has 0 rings (SSSR count). The van der Waals surface area contributed by atoms with Gasteiger partial charge < -0.3 is 14.6 Å². The number of ether oxygens (including phenoxy) is 2. The van der Waals surface area contributed by atoms with E-state index in [9.17, 15) is 102 Å². The van der Waals surface area contributed by atoms with E-state index in [0.717, 1.165) is 6.92 Å². The molecular formula is C18H13F21O4. The van der Waals surface area contributed by atoms with Crippen LogP contribution in [0.5, 0.6) is 0 Å². The molecule has 0 aliphatic rings. The molecule has 2 unspecified atom stereocenters. The molecule has 0 aliphatic carbocycles. The molecule has 0 saturated heterocycles. The van der Waals surface area contributed by atoms with Crippen molar-refractivity contribution in [3.05, 3.63) is 12.2 Å². The van der Waals surface area contributed by atoms with E-state index in [1.807, 2.05) is 0 Å². The molecule has 0 spiro atoms. The molecule has 0 saturated carbocycles. The van der Waals surface area contributed by atoms with E-state index in [1.165, 1.54) is 0 Å². The van der Waals surface area contributed by atoms with Crippen molar-refractivity contribution in [2.45, 2.75) is 85.2 Å². The molecule has 25 heteroatoms. The van der Waals surface area contributed by atoms with Crippen LogP contribution in [-0.2, 0) is 14.3 Å². The third-order valence-corrected chi connectivity index (χ3v) is 5.16. The molecule has 0 fully saturated rings. The second kappa shape index (κ2) is 11.2. The fraction of sp³-hybridized carbons (Fsp3) is 0.833. The number of halogens is 21. The molecule has 0 bridgehead atoms. The first-order valence-electron chi connectivity index (χ1n) is 9.96. The van der Waals surface area contributed by atoms with E-state index in [1.54, 1.807) is 0 Å². The number of hydrogen-bond donors (Lipinski definition) is 1. The minimum atomic E-state index is -9.28. The smallest absolute Gasteiger partial charge is 0.430 e. The second-order valence-corrected chi connectivity index (χ2v) is 8.36. The lowest BCUT2D eigenvalue weighted by Crippen LogP contribution is -2.76. The number of carbonyl (C=O) groups excluding carboxylic acids is 1. The summed E-state index contributed by atoms with van der Waals surface area (Å²) >= 11 is 0. The van der Waals surface area contributed by atoms with E-state index in [2.05, 4.69) is 16.1 Å². The third kappa shape index (κ3) is 5.90. The Hall–Kier alpha value is -2.34. The molecule has 0 heterocycles. The van der Waals surface area contributed by atoms with E-state index in [0.29, 0.717) is 7.11 Å². The molecule has 0 radical (unpaired) electrons. The maximum atomic E-state index is 14.0. The Morgan fingerprint density at radius 2 is 0.884 bits per heavy atom. The molecule has 4 nitrogen and oxygen atoms in total. The van der Waals surface area contributed by atoms with Gasteiger partial charge in [0.05, 0.1) is 0 Å². The van der Waals surface area contributed by atoms with Crippen LogP contribution in [0.15, 0.2) is 12.2 Å². The van der Waals surface area contributed by atoms with Crippen LogP contribution in [0.3, 0.4) is 0 Å². The Labute approximate surface area is 223 Å². The zero-order valence-electron chi connectivity index (χ0n) is 20.2. The summed E-state index contributed by atoms with van der Waals surface area (Å²) < 4.78 is 289. The van der Waals surface area contributed by atoms with Crippen LogP contribution in [-0.4, -0.2) is 90.1 Å². The molecule has 0 aromatic carbocycles. The van der Waals surface area contributed by atoms with Crippen molar-refractivity contribution < 1.29 is 112 Å². The van der Waals surface area contributed by atoms with Crippen LogP contribution in [0, 0.1) is 0 Å². The first-order valence-corrected chi connectivity index (χ1v) is 9.96. The SMILES string of the molecule is C=C(C)C(=O)OC(OC)C(O)CC(F)(F)C(F)(F)C(F)(F)C(F)(F)C(F)(F)C(F)(F)C(F)(F)C(F)(F)C(F)(F)C(F)(F)F. The summed E-state index contributed by atoms with van der Waals surface area (Å²) in [4.78, 5) is 11.3. The highest BCUT2D eigenvalue weighted by Crippen LogP contribution is 2.66. The zero-order valence-corrected chi connectivity index (χ0v) is 20.2. The Balaban J connectivity index is 6.90. The highest BCUT2D eigenvalue weighted by molar-refractivity contribution is 5.87. The second-order valence-electron chi connectivity index (χ2n) is 8.36. The van der Waals surface area contributed by atoms with Crippen LogP contribution in [0.2, 0.25) is 0 Å². The number of aliphatic hydroxyl groups is 1. The summed E-state index contributed by atoms with van der Waals surface area (Å²) in [6.07, 6.45) is -17.9. The van der Waals surface area contributed by atoms with Gasteiger partial charge in [0, 0.05) is 19.1 Å². The van der Waals surface area contributed by atoms with Crippen molar-refractivity contribution in [3.63, 3.8) is 0 Å². The van der Waals surface area contributed by atoms with Crippen molar-refractivity contribution in [2.24, 2.45) is 0 Å². The van der Waals surface area contributed by atoms with Gasteiger partial charge in [0.25, 0.3) is 0 Å². The lowest BCUT2D eigenvalue weighted by atomic mass is 9.85. The maximum absolute atomic E-state index is 14.0. The first kappa shape index (κ1) is 40.7. The van der Waals surface area contributed by atoms with Gasteiger partial charge in [-0.1, -0.05) is 6.58 Å². The lowest BCUT2D eigenvalue weighted by molar-refractivity contribution is -0.474. The number of esters is 1. The number of alkyl halides is 21. The van der Waals surface area contributed by atoms with Crippen molar-refractivity contribution >= 4 is 5.97 Å².